The molecule has 1 aliphatic carbocycles. The Hall–Kier alpha value is -0.370. The molecule has 0 radical (unpaired) electrons. The van der Waals surface area contributed by atoms with Crippen molar-refractivity contribution in [1.29, 1.82) is 0 Å². The van der Waals surface area contributed by atoms with Gasteiger partial charge in [-0.1, -0.05) is 26.7 Å². The number of carbonyl (C=O) groups is 1. The molecule has 2 heteroatoms. The van der Waals surface area contributed by atoms with Crippen LogP contribution in [0.25, 0.3) is 0 Å². The minimum atomic E-state index is 0.442. The maximum Gasteiger partial charge on any atom is 0.148 e. The number of likely N-dealkylation sites (tertiary alicyclic amines) is 1. The van der Waals surface area contributed by atoms with E-state index in [9.17, 15) is 4.79 Å². The first kappa shape index (κ1) is 12.1. The van der Waals surface area contributed by atoms with Gasteiger partial charge in [0.2, 0.25) is 0 Å². The van der Waals surface area contributed by atoms with Crippen LogP contribution in [0.1, 0.15) is 52.4 Å². The maximum absolute atomic E-state index is 11.3. The second-order valence-electron chi connectivity index (χ2n) is 6.30. The fraction of sp³-hybridized carbons (Fsp3) is 0.929. The van der Waals surface area contributed by atoms with Gasteiger partial charge >= 0.3 is 0 Å². The number of hydrogen-bond acceptors (Lipinski definition) is 2. The van der Waals surface area contributed by atoms with Gasteiger partial charge < -0.3 is 0 Å². The molecule has 0 atom stereocenters. The van der Waals surface area contributed by atoms with Crippen molar-refractivity contribution in [2.24, 2.45) is 11.3 Å². The molecule has 0 spiro atoms. The van der Waals surface area contributed by atoms with Crippen molar-refractivity contribution in [2.75, 3.05) is 19.6 Å². The number of ketones is 1. The smallest absolute Gasteiger partial charge is 0.148 e. The van der Waals surface area contributed by atoms with Crippen LogP contribution in [-0.4, -0.2) is 30.3 Å². The Morgan fingerprint density at radius 2 is 2.00 bits per heavy atom. The molecule has 0 aromatic heterocycles. The van der Waals surface area contributed by atoms with Gasteiger partial charge in [0.1, 0.15) is 5.78 Å². The molecule has 1 aliphatic heterocycles. The third kappa shape index (κ3) is 2.85. The topological polar surface area (TPSA) is 20.3 Å². The summed E-state index contributed by atoms with van der Waals surface area (Å²) in [5, 5.41) is 0. The minimum Gasteiger partial charge on any atom is -0.298 e. The van der Waals surface area contributed by atoms with E-state index in [4.69, 9.17) is 0 Å². The maximum atomic E-state index is 11.3. The summed E-state index contributed by atoms with van der Waals surface area (Å²) in [5.74, 6) is 1.23. The first-order chi connectivity index (χ1) is 7.60. The lowest BCUT2D eigenvalue weighted by Crippen LogP contribution is -2.36. The molecule has 0 unspecified atom stereocenters. The molecule has 0 amide bonds. The standard InChI is InChI=1S/C14H25NO/c1-12(2)9-14(6-3-4-7-14)11-15-8-5-13(16)10-15/h12H,3-11H2,1-2H3. The molecule has 92 valence electrons. The molecule has 0 bridgehead atoms. The molecular weight excluding hydrogens is 198 g/mol. The second-order valence-corrected chi connectivity index (χ2v) is 6.30. The second kappa shape index (κ2) is 4.87. The average molecular weight is 223 g/mol. The normalized spacial score (nSPS) is 25.8. The van der Waals surface area contributed by atoms with Gasteiger partial charge in [0.05, 0.1) is 6.54 Å². The van der Waals surface area contributed by atoms with Gasteiger partial charge in [-0.15, -0.1) is 0 Å². The Balaban J connectivity index is 1.94. The molecule has 2 rings (SSSR count). The van der Waals surface area contributed by atoms with Gasteiger partial charge in [-0.3, -0.25) is 9.69 Å². The molecule has 0 N–H and O–H groups in total. The van der Waals surface area contributed by atoms with Crippen LogP contribution in [-0.2, 0) is 4.79 Å². The molecule has 16 heavy (non-hydrogen) atoms. The Morgan fingerprint density at radius 1 is 1.31 bits per heavy atom. The van der Waals surface area contributed by atoms with Crippen LogP contribution >= 0.6 is 0 Å². The van der Waals surface area contributed by atoms with Crippen LogP contribution in [0.2, 0.25) is 0 Å². The van der Waals surface area contributed by atoms with Crippen LogP contribution < -0.4 is 0 Å². The molecule has 1 heterocycles. The van der Waals surface area contributed by atoms with Gasteiger partial charge in [-0.2, -0.15) is 0 Å². The highest BCUT2D eigenvalue weighted by Gasteiger charge is 2.37. The first-order valence-electron chi connectivity index (χ1n) is 6.84. The van der Waals surface area contributed by atoms with E-state index in [1.807, 2.05) is 0 Å². The zero-order valence-electron chi connectivity index (χ0n) is 10.8. The van der Waals surface area contributed by atoms with E-state index in [2.05, 4.69) is 18.7 Å². The summed E-state index contributed by atoms with van der Waals surface area (Å²) in [6.45, 7) is 7.57. The van der Waals surface area contributed by atoms with Gasteiger partial charge in [-0.25, -0.2) is 0 Å². The predicted molar refractivity (Wildman–Crippen MR) is 66.4 cm³/mol. The summed E-state index contributed by atoms with van der Waals surface area (Å²) in [5.41, 5.74) is 0.540. The largest absolute Gasteiger partial charge is 0.298 e. The van der Waals surface area contributed by atoms with Crippen molar-refractivity contribution in [3.63, 3.8) is 0 Å². The molecule has 2 fully saturated rings. The van der Waals surface area contributed by atoms with Gasteiger partial charge in [0, 0.05) is 19.5 Å². The number of carbonyl (C=O) groups excluding carboxylic acids is 1. The molecule has 1 saturated heterocycles. The van der Waals surface area contributed by atoms with Gasteiger partial charge in [0.15, 0.2) is 0 Å². The first-order valence-corrected chi connectivity index (χ1v) is 6.84. The summed E-state index contributed by atoms with van der Waals surface area (Å²) in [7, 11) is 0. The van der Waals surface area contributed by atoms with Crippen molar-refractivity contribution in [3.05, 3.63) is 0 Å². The molecule has 2 nitrogen and oxygen atoms in total. The Kier molecular flexibility index (Phi) is 3.68. The van der Waals surface area contributed by atoms with E-state index in [0.29, 0.717) is 11.2 Å². The van der Waals surface area contributed by atoms with Crippen LogP contribution in [0.15, 0.2) is 0 Å². The van der Waals surface area contributed by atoms with Gasteiger partial charge in [0.25, 0.3) is 0 Å². The summed E-state index contributed by atoms with van der Waals surface area (Å²) in [6.07, 6.45) is 7.70. The fourth-order valence-corrected chi connectivity index (χ4v) is 3.72. The predicted octanol–water partition coefficient (Wildman–Crippen LogP) is 2.87. The van der Waals surface area contributed by atoms with Crippen LogP contribution in [0.5, 0.6) is 0 Å². The van der Waals surface area contributed by atoms with E-state index in [-0.39, 0.29) is 0 Å². The Labute approximate surface area is 99.4 Å². The molecule has 0 aromatic rings. The number of Topliss-reactive ketones (excluding diaryl/α,β-unsaturated/α-hetero) is 1. The summed E-state index contributed by atoms with van der Waals surface area (Å²) < 4.78 is 0. The molecular formula is C14H25NO. The molecule has 2 aliphatic rings. The van der Waals surface area contributed by atoms with Crippen LogP contribution in [0, 0.1) is 11.3 Å². The van der Waals surface area contributed by atoms with E-state index in [1.165, 1.54) is 38.6 Å². The number of hydrogen-bond donors (Lipinski definition) is 0. The van der Waals surface area contributed by atoms with E-state index in [1.54, 1.807) is 0 Å². The molecule has 1 saturated carbocycles. The lowest BCUT2D eigenvalue weighted by atomic mass is 9.78. The van der Waals surface area contributed by atoms with Crippen molar-refractivity contribution in [3.8, 4) is 0 Å². The fourth-order valence-electron chi connectivity index (χ4n) is 3.72. The highest BCUT2D eigenvalue weighted by Crippen LogP contribution is 2.44. The summed E-state index contributed by atoms with van der Waals surface area (Å²) in [4.78, 5) is 13.7. The Bertz CT molecular complexity index is 253. The highest BCUT2D eigenvalue weighted by molar-refractivity contribution is 5.82. The lowest BCUT2D eigenvalue weighted by Gasteiger charge is -2.34. The SMILES string of the molecule is CC(C)CC1(CN2CCC(=O)C2)CCCC1. The van der Waals surface area contributed by atoms with Crippen molar-refractivity contribution in [2.45, 2.75) is 52.4 Å². The van der Waals surface area contributed by atoms with Crippen molar-refractivity contribution >= 4 is 5.78 Å². The van der Waals surface area contributed by atoms with Crippen molar-refractivity contribution < 1.29 is 4.79 Å². The monoisotopic (exact) mass is 223 g/mol. The quantitative estimate of drug-likeness (QED) is 0.730. The van der Waals surface area contributed by atoms with Crippen molar-refractivity contribution in [1.82, 2.24) is 4.90 Å². The number of nitrogens with zero attached hydrogens (tertiary/aromatic N) is 1. The third-order valence-electron chi connectivity index (χ3n) is 4.17. The Morgan fingerprint density at radius 3 is 2.50 bits per heavy atom. The van der Waals surface area contributed by atoms with E-state index < -0.39 is 0 Å². The summed E-state index contributed by atoms with van der Waals surface area (Å²) >= 11 is 0. The van der Waals surface area contributed by atoms with E-state index >= 15 is 0 Å². The lowest BCUT2D eigenvalue weighted by molar-refractivity contribution is -0.117. The average Bonchev–Trinajstić information content (AvgIpc) is 2.76. The third-order valence-corrected chi connectivity index (χ3v) is 4.17. The zero-order valence-corrected chi connectivity index (χ0v) is 10.8. The van der Waals surface area contributed by atoms with E-state index in [0.717, 1.165) is 25.4 Å². The highest BCUT2D eigenvalue weighted by atomic mass is 16.1. The number of rotatable bonds is 4. The van der Waals surface area contributed by atoms with Crippen LogP contribution in [0.4, 0.5) is 0 Å². The van der Waals surface area contributed by atoms with Gasteiger partial charge in [-0.05, 0) is 30.6 Å². The van der Waals surface area contributed by atoms with Crippen LogP contribution in [0.3, 0.4) is 0 Å². The zero-order chi connectivity index (χ0) is 11.6. The summed E-state index contributed by atoms with van der Waals surface area (Å²) in [6, 6.07) is 0. The molecule has 0 aromatic carbocycles. The minimum absolute atomic E-state index is 0.442.